The highest BCUT2D eigenvalue weighted by molar-refractivity contribution is 7.21. The van der Waals surface area contributed by atoms with Gasteiger partial charge in [0.25, 0.3) is 5.91 Å². The number of thiophene rings is 1. The highest BCUT2D eigenvalue weighted by atomic mass is 32.1. The lowest BCUT2D eigenvalue weighted by molar-refractivity contribution is -0.127. The minimum atomic E-state index is -1.58. The number of nitrogen functional groups attached to an aromatic ring is 1. The van der Waals surface area contributed by atoms with Gasteiger partial charge in [-0.2, -0.15) is 0 Å². The molecule has 1 fully saturated rings. The molecule has 0 spiro atoms. The third-order valence-corrected chi connectivity index (χ3v) is 10.2. The number of para-hydroxylation sites is 1. The van der Waals surface area contributed by atoms with Crippen molar-refractivity contribution in [2.45, 2.75) is 50.7 Å². The van der Waals surface area contributed by atoms with Crippen molar-refractivity contribution in [1.82, 2.24) is 10.2 Å². The average Bonchev–Trinajstić information content (AvgIpc) is 3.45. The van der Waals surface area contributed by atoms with Crippen LogP contribution < -0.4 is 27.3 Å². The molecular weight excluding hydrogens is 586 g/mol. The molecule has 2 amide bonds. The van der Waals surface area contributed by atoms with E-state index in [1.54, 1.807) is 17.0 Å². The van der Waals surface area contributed by atoms with E-state index in [1.807, 2.05) is 49.4 Å². The smallest absolute Gasteiger partial charge is 0.262 e. The molecule has 9 nitrogen and oxygen atoms in total. The molecule has 0 saturated carbocycles. The Morgan fingerprint density at radius 2 is 1.93 bits per heavy atom. The second-order valence-electron chi connectivity index (χ2n) is 11.7. The van der Waals surface area contributed by atoms with Gasteiger partial charge < -0.3 is 32.2 Å². The van der Waals surface area contributed by atoms with Gasteiger partial charge in [0.15, 0.2) is 5.78 Å². The molecule has 0 radical (unpaired) electrons. The number of likely N-dealkylation sites (tertiary alicyclic amines) is 1. The van der Waals surface area contributed by atoms with Crippen LogP contribution in [0.3, 0.4) is 0 Å². The molecule has 3 aromatic carbocycles. The van der Waals surface area contributed by atoms with Crippen LogP contribution in [0.25, 0.3) is 10.1 Å². The standard InChI is InChI=1S/C35H37N5O4S/c1-4-20-9-6-7-11-26(20)44-22-12-13-23(19(3)17-22)35(38)24-14-15-25(36)31-28(24)29(30(37)33(35)42)32(45-31)34(43)39-21-10-8-16-40(18-21)27(41)5-2/h5-7,9,11-15,17,21,30H,2,4,8,10,16,18,36-38H2,1,3H3,(H,39,43). The zero-order valence-electron chi connectivity index (χ0n) is 25.4. The summed E-state index contributed by atoms with van der Waals surface area (Å²) in [6, 6.07) is 15.4. The number of anilines is 1. The Morgan fingerprint density at radius 3 is 2.67 bits per heavy atom. The summed E-state index contributed by atoms with van der Waals surface area (Å²) in [5.41, 5.74) is 22.6. The van der Waals surface area contributed by atoms with Gasteiger partial charge in [-0.15, -0.1) is 11.3 Å². The number of Topliss-reactive ketones (excluding diaryl/α,β-unsaturated/α-hetero) is 1. The van der Waals surface area contributed by atoms with E-state index in [9.17, 15) is 14.4 Å². The minimum absolute atomic E-state index is 0.170. The van der Waals surface area contributed by atoms with Crippen molar-refractivity contribution in [3.8, 4) is 11.5 Å². The second kappa shape index (κ2) is 11.8. The van der Waals surface area contributed by atoms with Crippen LogP contribution in [0.5, 0.6) is 11.5 Å². The summed E-state index contributed by atoms with van der Waals surface area (Å²) < 4.78 is 6.87. The molecule has 1 aliphatic heterocycles. The number of nitrogens with one attached hydrogen (secondary N) is 1. The van der Waals surface area contributed by atoms with Gasteiger partial charge in [0.1, 0.15) is 17.0 Å². The third-order valence-electron chi connectivity index (χ3n) is 8.97. The Bertz CT molecular complexity index is 1870. The summed E-state index contributed by atoms with van der Waals surface area (Å²) in [6.45, 7) is 8.53. The number of nitrogens with zero attached hydrogens (tertiary/aromatic N) is 1. The molecule has 7 N–H and O–H groups in total. The molecule has 1 aliphatic carbocycles. The lowest BCUT2D eigenvalue weighted by Crippen LogP contribution is -2.53. The van der Waals surface area contributed by atoms with Crippen LogP contribution in [-0.2, 0) is 21.5 Å². The molecule has 45 heavy (non-hydrogen) atoms. The summed E-state index contributed by atoms with van der Waals surface area (Å²) in [6.07, 6.45) is 3.58. The molecular formula is C35H37N5O4S. The Morgan fingerprint density at radius 1 is 1.18 bits per heavy atom. The molecule has 2 heterocycles. The number of piperidine rings is 1. The van der Waals surface area contributed by atoms with Gasteiger partial charge in [-0.1, -0.05) is 43.8 Å². The SMILES string of the molecule is C=CC(=O)N1CCCC(NC(=O)c2sc3c(N)ccc4c3c2C(N)C(=O)C4(N)c2ccc(Oc3ccccc3CC)cc2C)C1. The maximum Gasteiger partial charge on any atom is 0.262 e. The van der Waals surface area contributed by atoms with Crippen molar-refractivity contribution in [3.05, 3.63) is 99.9 Å². The quantitative estimate of drug-likeness (QED) is 0.170. The Hall–Kier alpha value is -4.51. The fourth-order valence-corrected chi connectivity index (χ4v) is 7.87. The fraction of sp³-hybridized carbons (Fsp3) is 0.286. The van der Waals surface area contributed by atoms with E-state index in [2.05, 4.69) is 18.8 Å². The van der Waals surface area contributed by atoms with E-state index in [0.717, 1.165) is 36.1 Å². The second-order valence-corrected chi connectivity index (χ2v) is 12.8. The number of rotatable bonds is 7. The molecule has 2 aliphatic rings. The summed E-state index contributed by atoms with van der Waals surface area (Å²) in [4.78, 5) is 42.2. The summed E-state index contributed by atoms with van der Waals surface area (Å²) in [5.74, 6) is 0.458. The normalized spacial score (nSPS) is 21.1. The van der Waals surface area contributed by atoms with Gasteiger partial charge in [0.2, 0.25) is 5.91 Å². The lowest BCUT2D eigenvalue weighted by atomic mass is 9.69. The topological polar surface area (TPSA) is 154 Å². The van der Waals surface area contributed by atoms with Gasteiger partial charge in [-0.05, 0) is 78.8 Å². The highest BCUT2D eigenvalue weighted by Gasteiger charge is 2.49. The van der Waals surface area contributed by atoms with Gasteiger partial charge in [0.05, 0.1) is 15.6 Å². The first-order valence-corrected chi connectivity index (χ1v) is 15.9. The zero-order valence-corrected chi connectivity index (χ0v) is 26.2. The van der Waals surface area contributed by atoms with E-state index in [-0.39, 0.29) is 17.9 Å². The van der Waals surface area contributed by atoms with Gasteiger partial charge >= 0.3 is 0 Å². The minimum Gasteiger partial charge on any atom is -0.457 e. The largest absolute Gasteiger partial charge is 0.457 e. The number of amides is 2. The number of ether oxygens (including phenoxy) is 1. The van der Waals surface area contributed by atoms with Crippen molar-refractivity contribution in [2.24, 2.45) is 11.5 Å². The van der Waals surface area contributed by atoms with E-state index in [4.69, 9.17) is 21.9 Å². The van der Waals surface area contributed by atoms with E-state index in [0.29, 0.717) is 56.2 Å². The Labute approximate surface area is 266 Å². The predicted molar refractivity (Wildman–Crippen MR) is 177 cm³/mol. The highest BCUT2D eigenvalue weighted by Crippen LogP contribution is 2.50. The van der Waals surface area contributed by atoms with Gasteiger partial charge in [0, 0.05) is 35.8 Å². The van der Waals surface area contributed by atoms with E-state index >= 15 is 0 Å². The average molecular weight is 624 g/mol. The van der Waals surface area contributed by atoms with Gasteiger partial charge in [-0.3, -0.25) is 14.4 Å². The predicted octanol–water partition coefficient (Wildman–Crippen LogP) is 4.84. The number of carbonyl (C=O) groups excluding carboxylic acids is 3. The van der Waals surface area contributed by atoms with Crippen LogP contribution in [0, 0.1) is 6.92 Å². The maximum absolute atomic E-state index is 14.3. The van der Waals surface area contributed by atoms with Crippen LogP contribution in [0.4, 0.5) is 5.69 Å². The molecule has 0 bridgehead atoms. The van der Waals surface area contributed by atoms with Gasteiger partial charge in [-0.25, -0.2) is 0 Å². The van der Waals surface area contributed by atoms with Crippen LogP contribution in [-0.4, -0.2) is 41.6 Å². The number of hydrogen-bond acceptors (Lipinski definition) is 8. The van der Waals surface area contributed by atoms with Crippen LogP contribution in [0.2, 0.25) is 0 Å². The maximum atomic E-state index is 14.3. The molecule has 3 unspecified atom stereocenters. The zero-order chi connectivity index (χ0) is 32.0. The molecule has 1 saturated heterocycles. The van der Waals surface area contributed by atoms with Crippen molar-refractivity contribution >= 4 is 44.7 Å². The summed E-state index contributed by atoms with van der Waals surface area (Å²) in [5, 5.41) is 3.71. The van der Waals surface area contributed by atoms with Crippen molar-refractivity contribution in [3.63, 3.8) is 0 Å². The number of benzene rings is 3. The monoisotopic (exact) mass is 623 g/mol. The summed E-state index contributed by atoms with van der Waals surface area (Å²) in [7, 11) is 0. The number of carbonyl (C=O) groups is 3. The first-order valence-electron chi connectivity index (χ1n) is 15.1. The molecule has 3 atom stereocenters. The Balaban J connectivity index is 1.38. The molecule has 1 aromatic heterocycles. The first kappa shape index (κ1) is 30.5. The van der Waals surface area contributed by atoms with Crippen LogP contribution in [0.1, 0.15) is 63.3 Å². The van der Waals surface area contributed by atoms with Crippen molar-refractivity contribution < 1.29 is 19.1 Å². The number of aryl methyl sites for hydroxylation is 2. The lowest BCUT2D eigenvalue weighted by Gasteiger charge is -2.37. The first-order chi connectivity index (χ1) is 21.6. The van der Waals surface area contributed by atoms with Crippen LogP contribution >= 0.6 is 11.3 Å². The number of nitrogens with two attached hydrogens (primary N) is 3. The van der Waals surface area contributed by atoms with Crippen LogP contribution in [0.15, 0.2) is 67.3 Å². The van der Waals surface area contributed by atoms with Crippen molar-refractivity contribution in [2.75, 3.05) is 18.8 Å². The number of ketones is 1. The Kier molecular flexibility index (Phi) is 7.98. The molecule has 4 aromatic rings. The molecule has 232 valence electrons. The molecule has 6 rings (SSSR count). The third kappa shape index (κ3) is 5.08. The molecule has 10 heteroatoms. The van der Waals surface area contributed by atoms with E-state index in [1.165, 1.54) is 17.4 Å². The fourth-order valence-electron chi connectivity index (χ4n) is 6.67. The van der Waals surface area contributed by atoms with E-state index < -0.39 is 17.4 Å². The van der Waals surface area contributed by atoms with Crippen molar-refractivity contribution in [1.29, 1.82) is 0 Å². The summed E-state index contributed by atoms with van der Waals surface area (Å²) >= 11 is 1.21. The number of hydrogen-bond donors (Lipinski definition) is 4.